The van der Waals surface area contributed by atoms with Crippen LogP contribution in [0.3, 0.4) is 0 Å². The van der Waals surface area contributed by atoms with Crippen LogP contribution in [0.4, 0.5) is 0 Å². The first-order valence-electron chi connectivity index (χ1n) is 6.72. The molecular formula is C14H21NO4. The Morgan fingerprint density at radius 3 is 2.95 bits per heavy atom. The molecule has 0 radical (unpaired) electrons. The Balaban J connectivity index is 1.97. The molecule has 2 rings (SSSR count). The van der Waals surface area contributed by atoms with Gasteiger partial charge in [0.15, 0.2) is 0 Å². The Labute approximate surface area is 112 Å². The van der Waals surface area contributed by atoms with Crippen molar-refractivity contribution in [1.29, 1.82) is 0 Å². The van der Waals surface area contributed by atoms with Crippen molar-refractivity contribution in [3.63, 3.8) is 0 Å². The Kier molecular flexibility index (Phi) is 4.27. The van der Waals surface area contributed by atoms with E-state index in [2.05, 4.69) is 12.2 Å². The lowest BCUT2D eigenvalue weighted by molar-refractivity contribution is 0.0657. The number of carboxylic acids is 1. The predicted molar refractivity (Wildman–Crippen MR) is 70.0 cm³/mol. The molecule has 0 aromatic carbocycles. The lowest BCUT2D eigenvalue weighted by atomic mass is 9.77. The van der Waals surface area contributed by atoms with Crippen LogP contribution in [0.2, 0.25) is 0 Å². The van der Waals surface area contributed by atoms with Crippen LogP contribution in [0.1, 0.15) is 48.9 Å². The summed E-state index contributed by atoms with van der Waals surface area (Å²) in [4.78, 5) is 10.7. The van der Waals surface area contributed by atoms with Crippen molar-refractivity contribution in [2.75, 3.05) is 6.61 Å². The maximum atomic E-state index is 10.7. The summed E-state index contributed by atoms with van der Waals surface area (Å²) in [5.74, 6) is 0.0734. The van der Waals surface area contributed by atoms with Gasteiger partial charge in [0.05, 0.1) is 13.2 Å². The Morgan fingerprint density at radius 1 is 1.58 bits per heavy atom. The van der Waals surface area contributed by atoms with Crippen LogP contribution < -0.4 is 5.32 Å². The third kappa shape index (κ3) is 3.36. The van der Waals surface area contributed by atoms with Crippen LogP contribution in [0, 0.1) is 5.92 Å². The fourth-order valence-corrected chi connectivity index (χ4v) is 2.88. The van der Waals surface area contributed by atoms with Gasteiger partial charge >= 0.3 is 5.97 Å². The van der Waals surface area contributed by atoms with E-state index in [0.717, 1.165) is 19.3 Å². The average Bonchev–Trinajstić information content (AvgIpc) is 2.85. The van der Waals surface area contributed by atoms with Gasteiger partial charge in [0.2, 0.25) is 5.76 Å². The van der Waals surface area contributed by atoms with Gasteiger partial charge in [0, 0.05) is 5.54 Å². The number of aliphatic hydroxyl groups excluding tert-OH is 1. The third-order valence-electron chi connectivity index (χ3n) is 3.90. The molecule has 2 unspecified atom stereocenters. The molecule has 1 saturated carbocycles. The van der Waals surface area contributed by atoms with Crippen molar-refractivity contribution >= 4 is 5.97 Å². The fraction of sp³-hybridized carbons (Fsp3) is 0.643. The zero-order chi connectivity index (χ0) is 13.9. The third-order valence-corrected chi connectivity index (χ3v) is 3.90. The minimum Gasteiger partial charge on any atom is -0.475 e. The van der Waals surface area contributed by atoms with Crippen molar-refractivity contribution < 1.29 is 19.4 Å². The summed E-state index contributed by atoms with van der Waals surface area (Å²) >= 11 is 0. The molecule has 1 heterocycles. The lowest BCUT2D eigenvalue weighted by Gasteiger charge is -2.39. The van der Waals surface area contributed by atoms with E-state index in [1.54, 1.807) is 6.07 Å². The van der Waals surface area contributed by atoms with E-state index in [1.165, 1.54) is 12.5 Å². The number of nitrogens with one attached hydrogen (secondary N) is 1. The van der Waals surface area contributed by atoms with Gasteiger partial charge in [-0.05, 0) is 30.9 Å². The van der Waals surface area contributed by atoms with Crippen LogP contribution in [-0.4, -0.2) is 28.3 Å². The molecule has 1 aromatic rings. The molecule has 19 heavy (non-hydrogen) atoms. The van der Waals surface area contributed by atoms with Gasteiger partial charge < -0.3 is 19.9 Å². The highest BCUT2D eigenvalue weighted by Gasteiger charge is 2.34. The van der Waals surface area contributed by atoms with Crippen molar-refractivity contribution in [2.45, 2.75) is 44.7 Å². The molecule has 5 heteroatoms. The second-order valence-electron chi connectivity index (χ2n) is 5.56. The normalized spacial score (nSPS) is 27.4. The summed E-state index contributed by atoms with van der Waals surface area (Å²) < 4.78 is 5.21. The highest BCUT2D eigenvalue weighted by Crippen LogP contribution is 2.32. The second-order valence-corrected chi connectivity index (χ2v) is 5.56. The van der Waals surface area contributed by atoms with Crippen LogP contribution in [-0.2, 0) is 6.54 Å². The average molecular weight is 267 g/mol. The summed E-state index contributed by atoms with van der Waals surface area (Å²) in [6.45, 7) is 2.74. The van der Waals surface area contributed by atoms with E-state index < -0.39 is 5.97 Å². The minimum atomic E-state index is -1.06. The first-order valence-corrected chi connectivity index (χ1v) is 6.72. The second kappa shape index (κ2) is 5.75. The lowest BCUT2D eigenvalue weighted by Crippen LogP contribution is -2.51. The van der Waals surface area contributed by atoms with E-state index in [0.29, 0.717) is 18.2 Å². The first-order chi connectivity index (χ1) is 9.04. The first kappa shape index (κ1) is 14.1. The summed E-state index contributed by atoms with van der Waals surface area (Å²) in [6.07, 6.45) is 4.19. The van der Waals surface area contributed by atoms with E-state index in [9.17, 15) is 9.90 Å². The van der Waals surface area contributed by atoms with Gasteiger partial charge in [-0.1, -0.05) is 19.8 Å². The number of carboxylic acid groups (broad SMARTS) is 1. The van der Waals surface area contributed by atoms with Crippen LogP contribution >= 0.6 is 0 Å². The summed E-state index contributed by atoms with van der Waals surface area (Å²) in [5.41, 5.74) is -0.256. The van der Waals surface area contributed by atoms with Gasteiger partial charge in [-0.3, -0.25) is 0 Å². The standard InChI is InChI=1S/C14H21NO4/c1-10-3-2-6-14(7-10,9-16)15-8-11-4-5-12(19-11)13(17)18/h4-5,10,15-16H,2-3,6-9H2,1H3,(H,17,18). The number of aliphatic hydroxyl groups is 1. The molecule has 1 aromatic heterocycles. The molecule has 1 fully saturated rings. The highest BCUT2D eigenvalue weighted by atomic mass is 16.4. The number of hydrogen-bond donors (Lipinski definition) is 3. The predicted octanol–water partition coefficient (Wildman–Crippen LogP) is 2.01. The zero-order valence-electron chi connectivity index (χ0n) is 11.2. The molecule has 1 aliphatic rings. The maximum Gasteiger partial charge on any atom is 0.371 e. The Bertz CT molecular complexity index is 442. The molecule has 1 aliphatic carbocycles. The number of aromatic carboxylic acids is 1. The molecule has 2 atom stereocenters. The van der Waals surface area contributed by atoms with Gasteiger partial charge in [-0.25, -0.2) is 4.79 Å². The fourth-order valence-electron chi connectivity index (χ4n) is 2.88. The van der Waals surface area contributed by atoms with Gasteiger partial charge in [-0.15, -0.1) is 0 Å². The van der Waals surface area contributed by atoms with Crippen molar-refractivity contribution in [3.8, 4) is 0 Å². The maximum absolute atomic E-state index is 10.7. The Hall–Kier alpha value is -1.33. The number of furan rings is 1. The summed E-state index contributed by atoms with van der Waals surface area (Å²) in [5, 5.41) is 21.8. The van der Waals surface area contributed by atoms with Crippen molar-refractivity contribution in [1.82, 2.24) is 5.32 Å². The molecule has 0 spiro atoms. The van der Waals surface area contributed by atoms with Crippen molar-refractivity contribution in [2.24, 2.45) is 5.92 Å². The SMILES string of the molecule is CC1CCCC(CO)(NCc2ccc(C(=O)O)o2)C1. The summed E-state index contributed by atoms with van der Waals surface area (Å²) in [7, 11) is 0. The number of carbonyl (C=O) groups is 1. The smallest absolute Gasteiger partial charge is 0.371 e. The van der Waals surface area contributed by atoms with E-state index in [-0.39, 0.29) is 17.9 Å². The molecule has 3 N–H and O–H groups in total. The van der Waals surface area contributed by atoms with E-state index >= 15 is 0 Å². The Morgan fingerprint density at radius 2 is 2.37 bits per heavy atom. The van der Waals surface area contributed by atoms with Crippen molar-refractivity contribution in [3.05, 3.63) is 23.7 Å². The largest absolute Gasteiger partial charge is 0.475 e. The molecular weight excluding hydrogens is 246 g/mol. The van der Waals surface area contributed by atoms with Gasteiger partial charge in [0.1, 0.15) is 5.76 Å². The molecule has 0 amide bonds. The molecule has 106 valence electrons. The molecule has 0 bridgehead atoms. The van der Waals surface area contributed by atoms with Crippen LogP contribution in [0.5, 0.6) is 0 Å². The van der Waals surface area contributed by atoms with E-state index in [4.69, 9.17) is 9.52 Å². The quantitative estimate of drug-likeness (QED) is 0.760. The van der Waals surface area contributed by atoms with E-state index in [1.807, 2.05) is 0 Å². The highest BCUT2D eigenvalue weighted by molar-refractivity contribution is 5.84. The minimum absolute atomic E-state index is 0.0492. The molecule has 5 nitrogen and oxygen atoms in total. The molecule has 0 saturated heterocycles. The topological polar surface area (TPSA) is 82.7 Å². The van der Waals surface area contributed by atoms with Crippen LogP contribution in [0.15, 0.2) is 16.5 Å². The number of hydrogen-bond acceptors (Lipinski definition) is 4. The zero-order valence-corrected chi connectivity index (χ0v) is 11.2. The number of rotatable bonds is 5. The monoisotopic (exact) mass is 267 g/mol. The van der Waals surface area contributed by atoms with Gasteiger partial charge in [-0.2, -0.15) is 0 Å². The van der Waals surface area contributed by atoms with Gasteiger partial charge in [0.25, 0.3) is 0 Å². The van der Waals surface area contributed by atoms with Crippen LogP contribution in [0.25, 0.3) is 0 Å². The molecule has 0 aliphatic heterocycles. The summed E-state index contributed by atoms with van der Waals surface area (Å²) in [6, 6.07) is 3.11.